The normalized spacial score (nSPS) is 18.1. The highest BCUT2D eigenvalue weighted by Crippen LogP contribution is 2.25. The van der Waals surface area contributed by atoms with Gasteiger partial charge in [0.05, 0.1) is 12.8 Å². The summed E-state index contributed by atoms with van der Waals surface area (Å²) in [4.78, 5) is 19.6. The Morgan fingerprint density at radius 1 is 0.966 bits per heavy atom. The SMILES string of the molecule is COc1cccc(N2CCN(C(=O)C3CCN(c4ccc(C)nn4)CC3)CC2)c1. The summed E-state index contributed by atoms with van der Waals surface area (Å²) in [5.74, 6) is 2.21. The van der Waals surface area contributed by atoms with Crippen LogP contribution in [0.3, 0.4) is 0 Å². The molecule has 1 amide bonds. The Morgan fingerprint density at radius 2 is 1.72 bits per heavy atom. The summed E-state index contributed by atoms with van der Waals surface area (Å²) in [5, 5.41) is 8.42. The van der Waals surface area contributed by atoms with Crippen LogP contribution in [0.4, 0.5) is 11.5 Å². The molecule has 2 aliphatic rings. The van der Waals surface area contributed by atoms with E-state index in [1.165, 1.54) is 0 Å². The summed E-state index contributed by atoms with van der Waals surface area (Å²) in [7, 11) is 1.69. The van der Waals surface area contributed by atoms with Gasteiger partial charge in [-0.05, 0) is 44.0 Å². The quantitative estimate of drug-likeness (QED) is 0.792. The predicted molar refractivity (Wildman–Crippen MR) is 113 cm³/mol. The van der Waals surface area contributed by atoms with Crippen LogP contribution in [0.5, 0.6) is 5.75 Å². The number of piperazine rings is 1. The molecule has 2 fully saturated rings. The van der Waals surface area contributed by atoms with Crippen molar-refractivity contribution < 1.29 is 9.53 Å². The Bertz CT molecular complexity index is 825. The fourth-order valence-electron chi connectivity index (χ4n) is 4.17. The summed E-state index contributed by atoms with van der Waals surface area (Å²) in [5.41, 5.74) is 2.08. The zero-order valence-corrected chi connectivity index (χ0v) is 17.3. The standard InChI is InChI=1S/C22H29N5O2/c1-17-6-7-21(24-23-17)26-10-8-18(9-11-26)22(28)27-14-12-25(13-15-27)19-4-3-5-20(16-19)29-2/h3-7,16,18H,8-15H2,1-2H3. The van der Waals surface area contributed by atoms with Crippen LogP contribution in [0.1, 0.15) is 18.5 Å². The van der Waals surface area contributed by atoms with Gasteiger partial charge < -0.3 is 19.4 Å². The maximum Gasteiger partial charge on any atom is 0.225 e. The van der Waals surface area contributed by atoms with Crippen LogP contribution in [0.2, 0.25) is 0 Å². The smallest absolute Gasteiger partial charge is 0.225 e. The number of carbonyl (C=O) groups is 1. The monoisotopic (exact) mass is 395 g/mol. The number of hydrogen-bond acceptors (Lipinski definition) is 6. The van der Waals surface area contributed by atoms with E-state index in [0.717, 1.165) is 75.1 Å². The second kappa shape index (κ2) is 8.68. The minimum atomic E-state index is 0.119. The van der Waals surface area contributed by atoms with Crippen molar-refractivity contribution >= 4 is 17.4 Å². The van der Waals surface area contributed by atoms with Gasteiger partial charge in [-0.15, -0.1) is 5.10 Å². The number of anilines is 2. The number of benzene rings is 1. The first kappa shape index (κ1) is 19.5. The molecular weight excluding hydrogens is 366 g/mol. The van der Waals surface area contributed by atoms with Crippen LogP contribution in [-0.4, -0.2) is 67.4 Å². The Kier molecular flexibility index (Phi) is 5.83. The molecule has 0 aliphatic carbocycles. The van der Waals surface area contributed by atoms with E-state index in [1.807, 2.05) is 36.1 Å². The summed E-state index contributed by atoms with van der Waals surface area (Å²) in [6.07, 6.45) is 1.76. The minimum absolute atomic E-state index is 0.119. The van der Waals surface area contributed by atoms with Crippen molar-refractivity contribution in [2.75, 3.05) is 56.2 Å². The fourth-order valence-corrected chi connectivity index (χ4v) is 4.17. The van der Waals surface area contributed by atoms with Gasteiger partial charge in [0.25, 0.3) is 0 Å². The molecule has 1 aromatic heterocycles. The molecule has 29 heavy (non-hydrogen) atoms. The Hall–Kier alpha value is -2.83. The molecule has 2 aromatic rings. The van der Waals surface area contributed by atoms with Crippen molar-refractivity contribution in [1.82, 2.24) is 15.1 Å². The zero-order valence-electron chi connectivity index (χ0n) is 17.3. The molecule has 0 unspecified atom stereocenters. The Morgan fingerprint density at radius 3 is 2.38 bits per heavy atom. The highest BCUT2D eigenvalue weighted by atomic mass is 16.5. The molecule has 2 aliphatic heterocycles. The van der Waals surface area contributed by atoms with Crippen LogP contribution in [0.15, 0.2) is 36.4 Å². The minimum Gasteiger partial charge on any atom is -0.497 e. The number of rotatable bonds is 4. The van der Waals surface area contributed by atoms with Crippen LogP contribution >= 0.6 is 0 Å². The lowest BCUT2D eigenvalue weighted by Gasteiger charge is -2.39. The molecule has 1 aromatic carbocycles. The lowest BCUT2D eigenvalue weighted by Crippen LogP contribution is -2.51. The summed E-state index contributed by atoms with van der Waals surface area (Å²) >= 11 is 0. The number of methoxy groups -OCH3 is 1. The van der Waals surface area contributed by atoms with Crippen molar-refractivity contribution in [3.8, 4) is 5.75 Å². The van der Waals surface area contributed by atoms with E-state index < -0.39 is 0 Å². The molecule has 0 N–H and O–H groups in total. The third kappa shape index (κ3) is 4.44. The average Bonchev–Trinajstić information content (AvgIpc) is 2.79. The number of aryl methyl sites for hydroxylation is 1. The van der Waals surface area contributed by atoms with E-state index in [-0.39, 0.29) is 5.92 Å². The maximum atomic E-state index is 13.0. The van der Waals surface area contributed by atoms with E-state index in [9.17, 15) is 4.79 Å². The number of carbonyl (C=O) groups excluding carboxylic acids is 1. The van der Waals surface area contributed by atoms with E-state index in [4.69, 9.17) is 4.74 Å². The Balaban J connectivity index is 1.28. The molecule has 0 saturated carbocycles. The van der Waals surface area contributed by atoms with E-state index >= 15 is 0 Å². The summed E-state index contributed by atoms with van der Waals surface area (Å²) < 4.78 is 5.33. The molecule has 7 nitrogen and oxygen atoms in total. The van der Waals surface area contributed by atoms with E-state index in [0.29, 0.717) is 5.91 Å². The van der Waals surface area contributed by atoms with Crippen molar-refractivity contribution in [2.24, 2.45) is 5.92 Å². The van der Waals surface area contributed by atoms with Crippen LogP contribution < -0.4 is 14.5 Å². The fraction of sp³-hybridized carbons (Fsp3) is 0.500. The van der Waals surface area contributed by atoms with Gasteiger partial charge in [-0.2, -0.15) is 5.10 Å². The molecule has 2 saturated heterocycles. The Labute approximate surface area is 172 Å². The first-order valence-electron chi connectivity index (χ1n) is 10.4. The van der Waals surface area contributed by atoms with Crippen molar-refractivity contribution in [3.05, 3.63) is 42.1 Å². The largest absolute Gasteiger partial charge is 0.497 e. The second-order valence-corrected chi connectivity index (χ2v) is 7.81. The average molecular weight is 396 g/mol. The van der Waals surface area contributed by atoms with Crippen molar-refractivity contribution in [3.63, 3.8) is 0 Å². The third-order valence-corrected chi connectivity index (χ3v) is 5.96. The zero-order chi connectivity index (χ0) is 20.2. The van der Waals surface area contributed by atoms with Gasteiger partial charge in [-0.3, -0.25) is 4.79 Å². The number of hydrogen-bond donors (Lipinski definition) is 0. The highest BCUT2D eigenvalue weighted by Gasteiger charge is 2.31. The molecule has 0 bridgehead atoms. The van der Waals surface area contributed by atoms with Gasteiger partial charge in [-0.1, -0.05) is 6.07 Å². The van der Waals surface area contributed by atoms with Crippen molar-refractivity contribution in [2.45, 2.75) is 19.8 Å². The van der Waals surface area contributed by atoms with E-state index in [1.54, 1.807) is 7.11 Å². The summed E-state index contributed by atoms with van der Waals surface area (Å²) in [6, 6.07) is 12.1. The van der Waals surface area contributed by atoms with Crippen LogP contribution in [0.25, 0.3) is 0 Å². The number of aromatic nitrogens is 2. The van der Waals surface area contributed by atoms with Crippen LogP contribution in [0, 0.1) is 12.8 Å². The van der Waals surface area contributed by atoms with Crippen LogP contribution in [-0.2, 0) is 4.79 Å². The first-order valence-corrected chi connectivity index (χ1v) is 10.4. The van der Waals surface area contributed by atoms with Gasteiger partial charge in [0, 0.05) is 56.9 Å². The molecule has 7 heteroatoms. The van der Waals surface area contributed by atoms with Gasteiger partial charge in [0.1, 0.15) is 5.75 Å². The molecule has 154 valence electrons. The molecule has 0 radical (unpaired) electrons. The number of piperidine rings is 1. The molecule has 3 heterocycles. The molecular formula is C22H29N5O2. The number of nitrogens with zero attached hydrogens (tertiary/aromatic N) is 5. The lowest BCUT2D eigenvalue weighted by atomic mass is 9.95. The maximum absolute atomic E-state index is 13.0. The van der Waals surface area contributed by atoms with Gasteiger partial charge in [0.15, 0.2) is 5.82 Å². The first-order chi connectivity index (χ1) is 14.1. The highest BCUT2D eigenvalue weighted by molar-refractivity contribution is 5.79. The summed E-state index contributed by atoms with van der Waals surface area (Å²) in [6.45, 7) is 6.93. The van der Waals surface area contributed by atoms with Gasteiger partial charge >= 0.3 is 0 Å². The van der Waals surface area contributed by atoms with Crippen molar-refractivity contribution in [1.29, 1.82) is 0 Å². The molecule has 4 rings (SSSR count). The van der Waals surface area contributed by atoms with Gasteiger partial charge in [-0.25, -0.2) is 0 Å². The number of ether oxygens (including phenoxy) is 1. The van der Waals surface area contributed by atoms with E-state index in [2.05, 4.69) is 32.1 Å². The lowest BCUT2D eigenvalue weighted by molar-refractivity contribution is -0.136. The van der Waals surface area contributed by atoms with Gasteiger partial charge in [0.2, 0.25) is 5.91 Å². The third-order valence-electron chi connectivity index (χ3n) is 5.96. The molecule has 0 atom stereocenters. The number of amides is 1. The molecule has 0 spiro atoms. The predicted octanol–water partition coefficient (Wildman–Crippen LogP) is 2.36. The topological polar surface area (TPSA) is 61.8 Å². The second-order valence-electron chi connectivity index (χ2n) is 7.81.